The number of hydrogen-bond donors (Lipinski definition) is 2. The summed E-state index contributed by atoms with van der Waals surface area (Å²) in [5, 5.41) is 0. The minimum Gasteiger partial charge on any atom is -0.493 e. The fourth-order valence-corrected chi connectivity index (χ4v) is 1.94. The first-order valence-corrected chi connectivity index (χ1v) is 5.99. The molecule has 0 radical (unpaired) electrons. The van der Waals surface area contributed by atoms with Crippen molar-refractivity contribution in [2.45, 2.75) is 6.04 Å². The van der Waals surface area contributed by atoms with Crippen LogP contribution in [-0.2, 0) is 0 Å². The molecule has 20 heavy (non-hydrogen) atoms. The molecule has 106 valence electrons. The van der Waals surface area contributed by atoms with Crippen molar-refractivity contribution >= 4 is 0 Å². The largest absolute Gasteiger partial charge is 0.493 e. The normalized spacial score (nSPS) is 12.0. The van der Waals surface area contributed by atoms with E-state index in [0.717, 1.165) is 11.8 Å². The van der Waals surface area contributed by atoms with Crippen LogP contribution in [0, 0.1) is 5.82 Å². The Bertz CT molecular complexity index is 575. The van der Waals surface area contributed by atoms with Crippen molar-refractivity contribution in [2.75, 3.05) is 14.2 Å². The van der Waals surface area contributed by atoms with E-state index in [1.165, 1.54) is 6.07 Å². The molecule has 0 spiro atoms. The summed E-state index contributed by atoms with van der Waals surface area (Å²) in [5.74, 6) is 6.40. The molecule has 1 heterocycles. The van der Waals surface area contributed by atoms with Gasteiger partial charge in [-0.1, -0.05) is 6.07 Å². The Morgan fingerprint density at radius 1 is 1.15 bits per heavy atom. The van der Waals surface area contributed by atoms with E-state index >= 15 is 0 Å². The predicted molar refractivity (Wildman–Crippen MR) is 72.9 cm³/mol. The Morgan fingerprint density at radius 2 is 1.90 bits per heavy atom. The van der Waals surface area contributed by atoms with Gasteiger partial charge in [-0.15, -0.1) is 0 Å². The lowest BCUT2D eigenvalue weighted by Gasteiger charge is -2.17. The topological polar surface area (TPSA) is 69.4 Å². The van der Waals surface area contributed by atoms with Crippen molar-refractivity contribution in [3.8, 4) is 11.5 Å². The van der Waals surface area contributed by atoms with Crippen molar-refractivity contribution in [2.24, 2.45) is 5.84 Å². The third-order valence-corrected chi connectivity index (χ3v) is 2.95. The Morgan fingerprint density at radius 3 is 2.45 bits per heavy atom. The summed E-state index contributed by atoms with van der Waals surface area (Å²) < 4.78 is 23.4. The number of ether oxygens (including phenoxy) is 2. The van der Waals surface area contributed by atoms with E-state index in [1.807, 2.05) is 6.07 Å². The monoisotopic (exact) mass is 277 g/mol. The molecular formula is C14H16FN3O2. The van der Waals surface area contributed by atoms with E-state index < -0.39 is 5.82 Å². The highest BCUT2D eigenvalue weighted by molar-refractivity contribution is 5.45. The molecule has 5 nitrogen and oxygen atoms in total. The Hall–Kier alpha value is -2.18. The lowest BCUT2D eigenvalue weighted by molar-refractivity contribution is 0.354. The molecule has 1 atom stereocenters. The summed E-state index contributed by atoms with van der Waals surface area (Å²) in [6.45, 7) is 0. The van der Waals surface area contributed by atoms with Gasteiger partial charge in [-0.2, -0.15) is 0 Å². The van der Waals surface area contributed by atoms with Crippen LogP contribution in [0.25, 0.3) is 0 Å². The number of nitrogens with one attached hydrogen (secondary N) is 1. The van der Waals surface area contributed by atoms with Gasteiger partial charge in [0.05, 0.1) is 32.2 Å². The number of hydrazine groups is 1. The number of nitrogens with zero attached hydrogens (tertiary/aromatic N) is 1. The number of aromatic nitrogens is 1. The molecule has 1 unspecified atom stereocenters. The molecule has 6 heteroatoms. The van der Waals surface area contributed by atoms with Crippen LogP contribution in [0.4, 0.5) is 4.39 Å². The first-order valence-electron chi connectivity index (χ1n) is 5.99. The fourth-order valence-electron chi connectivity index (χ4n) is 1.94. The van der Waals surface area contributed by atoms with Crippen LogP contribution < -0.4 is 20.7 Å². The van der Waals surface area contributed by atoms with Gasteiger partial charge < -0.3 is 9.47 Å². The molecule has 0 bridgehead atoms. The number of halogens is 1. The number of hydrogen-bond acceptors (Lipinski definition) is 5. The molecule has 0 fully saturated rings. The average molecular weight is 277 g/mol. The van der Waals surface area contributed by atoms with E-state index in [-0.39, 0.29) is 6.04 Å². The first-order chi connectivity index (χ1) is 9.69. The lowest BCUT2D eigenvalue weighted by atomic mass is 10.0. The van der Waals surface area contributed by atoms with Gasteiger partial charge in [0.25, 0.3) is 0 Å². The maximum absolute atomic E-state index is 12.9. The Labute approximate surface area is 116 Å². The van der Waals surface area contributed by atoms with E-state index in [2.05, 4.69) is 10.4 Å². The second kappa shape index (κ2) is 6.31. The Balaban J connectivity index is 2.39. The fraction of sp³-hybridized carbons (Fsp3) is 0.214. The lowest BCUT2D eigenvalue weighted by Crippen LogP contribution is -2.29. The SMILES string of the molecule is COc1ccc(C(NN)c2ccc(F)cn2)cc1OC. The second-order valence-corrected chi connectivity index (χ2v) is 4.12. The average Bonchev–Trinajstić information content (AvgIpc) is 2.49. The smallest absolute Gasteiger partial charge is 0.161 e. The summed E-state index contributed by atoms with van der Waals surface area (Å²) in [6, 6.07) is 7.98. The van der Waals surface area contributed by atoms with Crippen molar-refractivity contribution in [3.63, 3.8) is 0 Å². The molecule has 1 aromatic carbocycles. The summed E-state index contributed by atoms with van der Waals surface area (Å²) in [7, 11) is 3.13. The highest BCUT2D eigenvalue weighted by atomic mass is 19.1. The molecule has 2 rings (SSSR count). The standard InChI is InChI=1S/C14H16FN3O2/c1-19-12-6-3-9(7-13(12)20-2)14(18-16)11-5-4-10(15)8-17-11/h3-8,14,18H,16H2,1-2H3. The van der Waals surface area contributed by atoms with Gasteiger partial charge >= 0.3 is 0 Å². The van der Waals surface area contributed by atoms with Gasteiger partial charge in [-0.25, -0.2) is 9.82 Å². The third kappa shape index (κ3) is 2.87. The van der Waals surface area contributed by atoms with Gasteiger partial charge in [0.2, 0.25) is 0 Å². The van der Waals surface area contributed by atoms with Crippen LogP contribution in [0.1, 0.15) is 17.3 Å². The molecule has 2 aromatic rings. The zero-order chi connectivity index (χ0) is 14.5. The zero-order valence-corrected chi connectivity index (χ0v) is 11.3. The van der Waals surface area contributed by atoms with E-state index in [4.69, 9.17) is 15.3 Å². The van der Waals surface area contributed by atoms with Gasteiger partial charge in [0, 0.05) is 0 Å². The molecular weight excluding hydrogens is 261 g/mol. The van der Waals surface area contributed by atoms with Gasteiger partial charge in [0.1, 0.15) is 5.82 Å². The van der Waals surface area contributed by atoms with E-state index in [9.17, 15) is 4.39 Å². The summed E-state index contributed by atoms with van der Waals surface area (Å²) >= 11 is 0. The van der Waals surface area contributed by atoms with Crippen LogP contribution in [0.2, 0.25) is 0 Å². The van der Waals surface area contributed by atoms with Crippen molar-refractivity contribution < 1.29 is 13.9 Å². The maximum atomic E-state index is 12.9. The van der Waals surface area contributed by atoms with Crippen LogP contribution in [-0.4, -0.2) is 19.2 Å². The summed E-state index contributed by atoms with van der Waals surface area (Å²) in [4.78, 5) is 4.03. The van der Waals surface area contributed by atoms with Crippen molar-refractivity contribution in [1.82, 2.24) is 10.4 Å². The molecule has 0 saturated heterocycles. The number of methoxy groups -OCH3 is 2. The molecule has 3 N–H and O–H groups in total. The first kappa shape index (κ1) is 14.2. The van der Waals surface area contributed by atoms with E-state index in [0.29, 0.717) is 17.2 Å². The zero-order valence-electron chi connectivity index (χ0n) is 11.3. The number of benzene rings is 1. The number of nitrogens with two attached hydrogens (primary N) is 1. The van der Waals surface area contributed by atoms with E-state index in [1.54, 1.807) is 32.4 Å². The maximum Gasteiger partial charge on any atom is 0.161 e. The predicted octanol–water partition coefficient (Wildman–Crippen LogP) is 1.79. The highest BCUT2D eigenvalue weighted by Gasteiger charge is 2.16. The van der Waals surface area contributed by atoms with Crippen LogP contribution in [0.3, 0.4) is 0 Å². The second-order valence-electron chi connectivity index (χ2n) is 4.12. The number of pyridine rings is 1. The van der Waals surface area contributed by atoms with Gasteiger partial charge in [-0.05, 0) is 29.8 Å². The molecule has 0 aliphatic carbocycles. The minimum atomic E-state index is -0.392. The summed E-state index contributed by atoms with van der Waals surface area (Å²) in [5.41, 5.74) is 4.11. The highest BCUT2D eigenvalue weighted by Crippen LogP contribution is 2.31. The van der Waals surface area contributed by atoms with Crippen LogP contribution in [0.5, 0.6) is 11.5 Å². The third-order valence-electron chi connectivity index (χ3n) is 2.95. The summed E-state index contributed by atoms with van der Waals surface area (Å²) in [6.07, 6.45) is 1.15. The van der Waals surface area contributed by atoms with Gasteiger partial charge in [-0.3, -0.25) is 10.8 Å². The minimum absolute atomic E-state index is 0.365. The van der Waals surface area contributed by atoms with Crippen molar-refractivity contribution in [3.05, 3.63) is 53.6 Å². The number of rotatable bonds is 5. The molecule has 0 saturated carbocycles. The van der Waals surface area contributed by atoms with Crippen molar-refractivity contribution in [1.29, 1.82) is 0 Å². The molecule has 0 aliphatic rings. The molecule has 0 amide bonds. The quantitative estimate of drug-likeness (QED) is 0.644. The van der Waals surface area contributed by atoms with Crippen LogP contribution >= 0.6 is 0 Å². The Kier molecular flexibility index (Phi) is 4.49. The van der Waals surface area contributed by atoms with Crippen LogP contribution in [0.15, 0.2) is 36.5 Å². The molecule has 0 aliphatic heterocycles. The van der Waals surface area contributed by atoms with Gasteiger partial charge in [0.15, 0.2) is 11.5 Å². The molecule has 1 aromatic heterocycles.